The number of nitrogens with one attached hydrogen (secondary N) is 1. The van der Waals surface area contributed by atoms with Crippen LogP contribution in [-0.4, -0.2) is 53.4 Å². The maximum Gasteiger partial charge on any atom is 0.333 e. The van der Waals surface area contributed by atoms with Crippen LogP contribution in [0.4, 0.5) is 11.4 Å². The van der Waals surface area contributed by atoms with E-state index in [1.807, 2.05) is 60.7 Å². The zero-order chi connectivity index (χ0) is 25.8. The normalized spacial score (nSPS) is 22.5. The van der Waals surface area contributed by atoms with Crippen LogP contribution < -0.4 is 22.3 Å². The summed E-state index contributed by atoms with van der Waals surface area (Å²) in [7, 11) is 0. The fourth-order valence-electron chi connectivity index (χ4n) is 5.58. The van der Waals surface area contributed by atoms with Gasteiger partial charge >= 0.3 is 5.97 Å². The molecule has 2 bridgehead atoms. The number of ether oxygens (including phenoxy) is 1. The van der Waals surface area contributed by atoms with Gasteiger partial charge in [-0.2, -0.15) is 0 Å². The number of piperidine rings is 3. The lowest BCUT2D eigenvalue weighted by atomic mass is 9.82. The lowest BCUT2D eigenvalue weighted by molar-refractivity contribution is -0.938. The van der Waals surface area contributed by atoms with E-state index in [0.717, 1.165) is 37.2 Å². The van der Waals surface area contributed by atoms with Crippen molar-refractivity contribution in [3.63, 3.8) is 0 Å². The minimum Gasteiger partial charge on any atom is -1.00 e. The Balaban J connectivity index is 0.00000336. The van der Waals surface area contributed by atoms with E-state index < -0.39 is 11.0 Å². The number of quaternary nitrogens is 1. The average molecular weight is 580 g/mol. The molecule has 3 aromatic carbocycles. The number of nitro benzene ring substituents is 1. The molecule has 3 aliphatic heterocycles. The van der Waals surface area contributed by atoms with Gasteiger partial charge in [0.1, 0.15) is 13.1 Å². The number of benzene rings is 3. The Morgan fingerprint density at radius 3 is 2.16 bits per heavy atom. The lowest BCUT2D eigenvalue weighted by Gasteiger charge is -2.51. The quantitative estimate of drug-likeness (QED) is 0.136. The van der Waals surface area contributed by atoms with Gasteiger partial charge in [-0.3, -0.25) is 14.9 Å². The van der Waals surface area contributed by atoms with Crippen LogP contribution in [0.1, 0.15) is 34.8 Å². The van der Waals surface area contributed by atoms with Crippen LogP contribution in [0.3, 0.4) is 0 Å². The molecule has 1 N–H and O–H groups in total. The molecule has 3 aliphatic rings. The Labute approximate surface area is 232 Å². The van der Waals surface area contributed by atoms with E-state index in [9.17, 15) is 19.7 Å². The van der Waals surface area contributed by atoms with Crippen LogP contribution in [0.2, 0.25) is 0 Å². The summed E-state index contributed by atoms with van der Waals surface area (Å²) in [5.41, 5.74) is 2.09. The Kier molecular flexibility index (Phi) is 8.58. The van der Waals surface area contributed by atoms with Gasteiger partial charge in [-0.25, -0.2) is 4.79 Å². The van der Waals surface area contributed by atoms with Gasteiger partial charge in [0.25, 0.3) is 5.69 Å². The number of non-ortho nitro benzene ring substituents is 1. The number of para-hydroxylation sites is 1. The van der Waals surface area contributed by atoms with E-state index in [1.54, 1.807) is 0 Å². The van der Waals surface area contributed by atoms with Crippen LogP contribution in [0.5, 0.6) is 0 Å². The molecule has 3 fully saturated rings. The summed E-state index contributed by atoms with van der Waals surface area (Å²) >= 11 is 0. The second kappa shape index (κ2) is 11.9. The number of Topliss-reactive ketones (excluding diaryl/α,β-unsaturated/α-hetero) is 1. The molecule has 8 nitrogen and oxygen atoms in total. The van der Waals surface area contributed by atoms with Crippen molar-refractivity contribution in [2.45, 2.75) is 25.0 Å². The summed E-state index contributed by atoms with van der Waals surface area (Å²) in [6, 6.07) is 24.3. The highest BCUT2D eigenvalue weighted by Crippen LogP contribution is 2.37. The van der Waals surface area contributed by atoms with E-state index in [0.29, 0.717) is 23.1 Å². The highest BCUT2D eigenvalue weighted by atomic mass is 79.9. The molecule has 0 spiro atoms. The molecular formula is C29H30BrN3O5. The predicted molar refractivity (Wildman–Crippen MR) is 139 cm³/mol. The maximum absolute atomic E-state index is 13.5. The lowest BCUT2D eigenvalue weighted by Crippen LogP contribution is -3.00. The highest BCUT2D eigenvalue weighted by Gasteiger charge is 2.49. The Hall–Kier alpha value is -3.56. The van der Waals surface area contributed by atoms with E-state index >= 15 is 0 Å². The van der Waals surface area contributed by atoms with E-state index in [4.69, 9.17) is 4.74 Å². The number of anilines is 1. The molecule has 0 aliphatic carbocycles. The van der Waals surface area contributed by atoms with E-state index in [-0.39, 0.29) is 46.4 Å². The topological polar surface area (TPSA) is 98.5 Å². The second-order valence-corrected chi connectivity index (χ2v) is 10.0. The number of carbonyl (C=O) groups is 2. The van der Waals surface area contributed by atoms with Gasteiger partial charge in [-0.15, -0.1) is 0 Å². The third-order valence-electron chi connectivity index (χ3n) is 7.64. The zero-order valence-electron chi connectivity index (χ0n) is 20.9. The number of esters is 1. The van der Waals surface area contributed by atoms with Crippen molar-refractivity contribution in [1.29, 1.82) is 0 Å². The van der Waals surface area contributed by atoms with Crippen molar-refractivity contribution in [2.24, 2.45) is 5.92 Å². The van der Waals surface area contributed by atoms with Gasteiger partial charge in [-0.05, 0) is 29.8 Å². The molecule has 9 heteroatoms. The maximum atomic E-state index is 13.5. The number of hydrogen-bond donors (Lipinski definition) is 1. The monoisotopic (exact) mass is 579 g/mol. The number of nitro groups is 1. The SMILES string of the molecule is O=C(C[N+]12CCC(CC1)[C@@H](OC(=O)[C@H](Nc1ccccc1)c1ccccc1)C2)c1ccc([N+](=O)[O-])cc1.[Br-]. The first-order valence-electron chi connectivity index (χ1n) is 12.6. The standard InChI is InChI=1S/C29H30N3O5.BrH/c33-26(21-11-13-25(14-12-21)31(35)36)19-32-17-15-22(16-18-32)27(20-32)37-29(34)28(23-7-3-1-4-8-23)30-24-9-5-2-6-10-24;/h1-14,22,27-28,30H,15-20H2;1H/q+1;/p-1/t22?,27-,28+,32?;/m0./s1. The van der Waals surface area contributed by atoms with Crippen LogP contribution in [0.25, 0.3) is 0 Å². The molecule has 3 heterocycles. The third kappa shape index (κ3) is 6.11. The molecule has 6 rings (SSSR count). The van der Waals surface area contributed by atoms with Crippen LogP contribution in [-0.2, 0) is 9.53 Å². The first-order valence-corrected chi connectivity index (χ1v) is 12.6. The molecular weight excluding hydrogens is 550 g/mol. The highest BCUT2D eigenvalue weighted by molar-refractivity contribution is 5.97. The third-order valence-corrected chi connectivity index (χ3v) is 7.64. The summed E-state index contributed by atoms with van der Waals surface area (Å²) in [4.78, 5) is 37.1. The molecule has 0 amide bonds. The molecule has 0 aromatic heterocycles. The molecule has 0 unspecified atom stereocenters. The van der Waals surface area contributed by atoms with Crippen LogP contribution in [0.15, 0.2) is 84.9 Å². The molecule has 38 heavy (non-hydrogen) atoms. The number of hydrogen-bond acceptors (Lipinski definition) is 6. The van der Waals surface area contributed by atoms with Crippen LogP contribution >= 0.6 is 0 Å². The number of halogens is 1. The second-order valence-electron chi connectivity index (χ2n) is 10.0. The van der Waals surface area contributed by atoms with Gasteiger partial charge in [0, 0.05) is 42.1 Å². The molecule has 3 saturated heterocycles. The van der Waals surface area contributed by atoms with Gasteiger partial charge in [0.05, 0.1) is 18.0 Å². The summed E-state index contributed by atoms with van der Waals surface area (Å²) in [6.45, 7) is 2.62. The number of nitrogens with zero attached hydrogens (tertiary/aromatic N) is 2. The summed E-state index contributed by atoms with van der Waals surface area (Å²) in [5, 5.41) is 14.3. The van der Waals surface area contributed by atoms with Gasteiger partial charge < -0.3 is 31.5 Å². The number of carbonyl (C=O) groups excluding carboxylic acids is 2. The molecule has 2 atom stereocenters. The van der Waals surface area contributed by atoms with Crippen molar-refractivity contribution < 1.29 is 40.7 Å². The first-order chi connectivity index (χ1) is 17.9. The average Bonchev–Trinajstić information content (AvgIpc) is 2.93. The number of fused-ring (bicyclic) bond motifs is 3. The fourth-order valence-corrected chi connectivity index (χ4v) is 5.58. The van der Waals surface area contributed by atoms with Gasteiger partial charge in [-0.1, -0.05) is 48.5 Å². The van der Waals surface area contributed by atoms with Crippen LogP contribution in [0, 0.1) is 16.0 Å². The number of ketones is 1. The zero-order valence-corrected chi connectivity index (χ0v) is 22.5. The van der Waals surface area contributed by atoms with E-state index in [2.05, 4.69) is 5.32 Å². The van der Waals surface area contributed by atoms with Crippen molar-refractivity contribution in [2.75, 3.05) is 31.5 Å². The Morgan fingerprint density at radius 2 is 1.55 bits per heavy atom. The molecule has 0 radical (unpaired) electrons. The summed E-state index contributed by atoms with van der Waals surface area (Å²) < 4.78 is 6.74. The minimum atomic E-state index is -0.644. The fraction of sp³-hybridized carbons (Fsp3) is 0.310. The molecule has 0 saturated carbocycles. The Bertz CT molecular complexity index is 1260. The number of rotatable bonds is 9. The van der Waals surface area contributed by atoms with Crippen molar-refractivity contribution in [1.82, 2.24) is 0 Å². The van der Waals surface area contributed by atoms with Crippen molar-refractivity contribution in [3.05, 3.63) is 106 Å². The van der Waals surface area contributed by atoms with E-state index in [1.165, 1.54) is 24.3 Å². The smallest absolute Gasteiger partial charge is 0.333 e. The predicted octanol–water partition coefficient (Wildman–Crippen LogP) is 1.79. The molecule has 198 valence electrons. The van der Waals surface area contributed by atoms with Gasteiger partial charge in [0.2, 0.25) is 5.78 Å². The van der Waals surface area contributed by atoms with Crippen molar-refractivity contribution in [3.8, 4) is 0 Å². The first kappa shape index (κ1) is 27.5. The summed E-state index contributed by atoms with van der Waals surface area (Å²) in [6.07, 6.45) is 1.53. The minimum absolute atomic E-state index is 0. The Morgan fingerprint density at radius 1 is 0.947 bits per heavy atom. The van der Waals surface area contributed by atoms with Crippen molar-refractivity contribution >= 4 is 23.1 Å². The summed E-state index contributed by atoms with van der Waals surface area (Å²) in [5.74, 6) is -0.0894. The largest absolute Gasteiger partial charge is 1.00 e. The molecule has 3 aromatic rings. The van der Waals surface area contributed by atoms with Gasteiger partial charge in [0.15, 0.2) is 12.1 Å².